The summed E-state index contributed by atoms with van der Waals surface area (Å²) >= 11 is 0. The molecule has 0 aliphatic rings. The Labute approximate surface area is 225 Å². The number of likely N-dealkylation sites (N-methyl/N-ethyl adjacent to an activating group) is 1. The Bertz CT molecular complexity index is 1640. The molecule has 39 heavy (non-hydrogen) atoms. The van der Waals surface area contributed by atoms with Gasteiger partial charge in [-0.25, -0.2) is 9.55 Å². The number of rotatable bonds is 9. The highest BCUT2D eigenvalue weighted by Crippen LogP contribution is 2.42. The van der Waals surface area contributed by atoms with E-state index in [1.165, 1.54) is 17.6 Å². The van der Waals surface area contributed by atoms with Gasteiger partial charge in [0.1, 0.15) is 11.9 Å². The molecule has 0 radical (unpaired) electrons. The van der Waals surface area contributed by atoms with Crippen LogP contribution in [0.4, 0.5) is 5.69 Å². The number of phosphoric ester groups is 1. The van der Waals surface area contributed by atoms with E-state index in [0.717, 1.165) is 5.56 Å². The van der Waals surface area contributed by atoms with Gasteiger partial charge in [0.2, 0.25) is 5.91 Å². The van der Waals surface area contributed by atoms with Crippen molar-refractivity contribution in [3.8, 4) is 28.3 Å². The quantitative estimate of drug-likeness (QED) is 0.206. The number of anilines is 1. The molecule has 200 valence electrons. The van der Waals surface area contributed by atoms with Crippen LogP contribution in [0.2, 0.25) is 0 Å². The van der Waals surface area contributed by atoms with Gasteiger partial charge in [-0.1, -0.05) is 18.2 Å². The molecule has 1 unspecified atom stereocenters. The maximum Gasteiger partial charge on any atom is 0.471 e. The minimum atomic E-state index is -4.77. The number of pyridine rings is 2. The van der Waals surface area contributed by atoms with Gasteiger partial charge in [0.25, 0.3) is 0 Å². The van der Waals surface area contributed by atoms with Gasteiger partial charge in [0.05, 0.1) is 23.5 Å². The van der Waals surface area contributed by atoms with E-state index in [-0.39, 0.29) is 5.91 Å². The smallest absolute Gasteiger partial charge is 0.321 e. The van der Waals surface area contributed by atoms with E-state index >= 15 is 0 Å². The first-order valence-electron chi connectivity index (χ1n) is 11.9. The Morgan fingerprint density at radius 3 is 2.69 bits per heavy atom. The van der Waals surface area contributed by atoms with Crippen molar-refractivity contribution in [1.82, 2.24) is 19.4 Å². The summed E-state index contributed by atoms with van der Waals surface area (Å²) < 4.78 is 17.9. The van der Waals surface area contributed by atoms with Crippen molar-refractivity contribution in [2.45, 2.75) is 13.2 Å². The van der Waals surface area contributed by atoms with E-state index in [1.54, 1.807) is 55.1 Å². The average molecular weight is 547 g/mol. The number of nitrogens with one attached hydrogen (secondary N) is 1. The van der Waals surface area contributed by atoms with Crippen LogP contribution in [0.15, 0.2) is 73.3 Å². The minimum absolute atomic E-state index is 0.278. The summed E-state index contributed by atoms with van der Waals surface area (Å²) in [5.74, 6) is -0.278. The summed E-state index contributed by atoms with van der Waals surface area (Å²) in [4.78, 5) is 41.7. The van der Waals surface area contributed by atoms with Crippen LogP contribution in [-0.4, -0.2) is 55.8 Å². The Balaban J connectivity index is 1.76. The molecule has 4 rings (SSSR count). The summed E-state index contributed by atoms with van der Waals surface area (Å²) in [6.45, 7) is 2.14. The lowest BCUT2D eigenvalue weighted by atomic mass is 10.0. The van der Waals surface area contributed by atoms with Crippen molar-refractivity contribution in [2.24, 2.45) is 0 Å². The number of fused-ring (bicyclic) bond motifs is 1. The molecular formula is C27H27N6O5P. The summed E-state index contributed by atoms with van der Waals surface area (Å²) in [5.41, 5.74) is 4.22. The second kappa shape index (κ2) is 11.7. The monoisotopic (exact) mass is 546 g/mol. The molecule has 0 bridgehead atoms. The van der Waals surface area contributed by atoms with Crippen LogP contribution in [-0.2, 0) is 13.9 Å². The first-order valence-corrected chi connectivity index (χ1v) is 13.4. The van der Waals surface area contributed by atoms with Gasteiger partial charge in [0.15, 0.2) is 0 Å². The number of carbonyl (C=O) groups excluding carboxylic acids is 1. The summed E-state index contributed by atoms with van der Waals surface area (Å²) in [5, 5.41) is 12.9. The molecule has 4 aromatic rings. The summed E-state index contributed by atoms with van der Waals surface area (Å²) in [6.07, 6.45) is 8.68. The van der Waals surface area contributed by atoms with Crippen LogP contribution in [0.25, 0.3) is 33.3 Å². The summed E-state index contributed by atoms with van der Waals surface area (Å²) in [6, 6.07) is 12.8. The van der Waals surface area contributed by atoms with E-state index < -0.39 is 14.1 Å². The zero-order valence-electron chi connectivity index (χ0n) is 21.5. The van der Waals surface area contributed by atoms with Gasteiger partial charge in [-0.05, 0) is 50.8 Å². The van der Waals surface area contributed by atoms with Crippen LogP contribution in [0.1, 0.15) is 18.7 Å². The zero-order valence-corrected chi connectivity index (χ0v) is 22.4. The van der Waals surface area contributed by atoms with E-state index in [0.29, 0.717) is 45.5 Å². The molecule has 1 atom stereocenters. The number of hydrogen-bond acceptors (Lipinski definition) is 7. The summed E-state index contributed by atoms with van der Waals surface area (Å²) in [7, 11) is -0.952. The van der Waals surface area contributed by atoms with Crippen molar-refractivity contribution in [3.63, 3.8) is 0 Å². The normalized spacial score (nSPS) is 12.6. The van der Waals surface area contributed by atoms with Crippen LogP contribution < -0.4 is 5.32 Å². The molecule has 1 aromatic carbocycles. The van der Waals surface area contributed by atoms with E-state index in [4.69, 9.17) is 4.52 Å². The van der Waals surface area contributed by atoms with Crippen molar-refractivity contribution in [3.05, 3.63) is 78.9 Å². The van der Waals surface area contributed by atoms with Crippen molar-refractivity contribution in [2.75, 3.05) is 26.0 Å². The lowest BCUT2D eigenvalue weighted by Gasteiger charge is -2.16. The maximum atomic E-state index is 12.3. The second-order valence-corrected chi connectivity index (χ2v) is 10.2. The number of carbonyl (C=O) groups is 1. The van der Waals surface area contributed by atoms with Gasteiger partial charge < -0.3 is 24.6 Å². The molecule has 0 spiro atoms. The third-order valence-corrected chi connectivity index (χ3v) is 6.31. The van der Waals surface area contributed by atoms with Gasteiger partial charge in [-0.15, -0.1) is 0 Å². The Morgan fingerprint density at radius 1 is 1.21 bits per heavy atom. The van der Waals surface area contributed by atoms with Crippen LogP contribution in [0.5, 0.6) is 0 Å². The second-order valence-electron chi connectivity index (χ2n) is 9.05. The van der Waals surface area contributed by atoms with Crippen molar-refractivity contribution < 1.29 is 23.7 Å². The number of benzene rings is 1. The molecular weight excluding hydrogens is 519 g/mol. The van der Waals surface area contributed by atoms with E-state index in [9.17, 15) is 24.4 Å². The van der Waals surface area contributed by atoms with Gasteiger partial charge in [-0.2, -0.15) is 5.26 Å². The van der Waals surface area contributed by atoms with Crippen LogP contribution >= 0.6 is 7.82 Å². The first kappa shape index (κ1) is 27.9. The molecule has 0 aliphatic carbocycles. The Kier molecular flexibility index (Phi) is 8.35. The molecule has 3 heterocycles. The number of nitriles is 1. The lowest BCUT2D eigenvalue weighted by Crippen LogP contribution is -2.13. The molecule has 1 amide bonds. The molecule has 0 fully saturated rings. The first-order chi connectivity index (χ1) is 18.5. The van der Waals surface area contributed by atoms with Crippen LogP contribution in [0.3, 0.4) is 0 Å². The predicted octanol–water partition coefficient (Wildman–Crippen LogP) is 4.32. The molecule has 3 aromatic heterocycles. The molecule has 12 heteroatoms. The third kappa shape index (κ3) is 7.03. The fourth-order valence-corrected chi connectivity index (χ4v) is 4.52. The Hall–Kier alpha value is -4.17. The largest absolute Gasteiger partial charge is 0.471 e. The fourth-order valence-electron chi connectivity index (χ4n) is 4.02. The van der Waals surface area contributed by atoms with Crippen LogP contribution in [0, 0.1) is 11.3 Å². The number of aromatic nitrogens is 3. The third-order valence-electron chi connectivity index (χ3n) is 5.73. The maximum absolute atomic E-state index is 12.3. The molecule has 11 nitrogen and oxygen atoms in total. The molecule has 0 saturated carbocycles. The number of nitrogens with zero attached hydrogens (tertiary/aromatic N) is 5. The highest BCUT2D eigenvalue weighted by atomic mass is 31.2. The number of amides is 1. The molecule has 0 saturated heterocycles. The number of phosphoric acid groups is 1. The lowest BCUT2D eigenvalue weighted by molar-refractivity contribution is -0.111. The minimum Gasteiger partial charge on any atom is -0.321 e. The topological polar surface area (TPSA) is 154 Å². The Morgan fingerprint density at radius 2 is 1.97 bits per heavy atom. The fraction of sp³-hybridized carbons (Fsp3) is 0.185. The average Bonchev–Trinajstić information content (AvgIpc) is 3.27. The highest BCUT2D eigenvalue weighted by molar-refractivity contribution is 7.46. The number of hydrogen-bond donors (Lipinski definition) is 3. The SMILES string of the molecule is CC(OP(=O)(O)O)n1cc(-c2cccc(C#N)c2)c2cc(-c3cncc(NC(=O)/C=C/CN(C)C)c3)cnc21. The van der Waals surface area contributed by atoms with Crippen molar-refractivity contribution in [1.29, 1.82) is 5.26 Å². The van der Waals surface area contributed by atoms with Gasteiger partial charge in [-0.3, -0.25) is 14.3 Å². The van der Waals surface area contributed by atoms with E-state index in [2.05, 4.69) is 21.4 Å². The van der Waals surface area contributed by atoms with Gasteiger partial charge in [0, 0.05) is 53.3 Å². The van der Waals surface area contributed by atoms with Crippen molar-refractivity contribution >= 4 is 30.5 Å². The standard InChI is InChI=1S/C27H27N6O5P/c1-18(38-39(35,36)37)33-17-25(20-7-4-6-19(10-20)13-28)24-12-22(15-30-27(24)33)21-11-23(16-29-14-21)31-26(34)8-5-9-32(2)3/h4-8,10-12,14-18H,9H2,1-3H3,(H,31,34)(H2,35,36,37)/b8-5+. The van der Waals surface area contributed by atoms with E-state index in [1.807, 2.05) is 31.1 Å². The molecule has 3 N–H and O–H groups in total. The highest BCUT2D eigenvalue weighted by Gasteiger charge is 2.23. The predicted molar refractivity (Wildman–Crippen MR) is 147 cm³/mol. The van der Waals surface area contributed by atoms with Gasteiger partial charge >= 0.3 is 7.82 Å². The molecule has 0 aliphatic heterocycles. The zero-order chi connectivity index (χ0) is 28.2.